The van der Waals surface area contributed by atoms with Crippen LogP contribution in [0.2, 0.25) is 0 Å². The highest BCUT2D eigenvalue weighted by molar-refractivity contribution is 7.13. The Kier molecular flexibility index (Phi) is 4.27. The van der Waals surface area contributed by atoms with Crippen LogP contribution in [0.15, 0.2) is 40.5 Å². The fourth-order valence-electron chi connectivity index (χ4n) is 3.08. The van der Waals surface area contributed by atoms with Gasteiger partial charge in [-0.2, -0.15) is 0 Å². The number of thiazole rings is 1. The van der Waals surface area contributed by atoms with Gasteiger partial charge in [-0.25, -0.2) is 15.0 Å². The molecule has 124 valence electrons. The Hall–Kier alpha value is -2.25. The molecule has 4 heterocycles. The van der Waals surface area contributed by atoms with Crippen LogP contribution in [0, 0.1) is 6.92 Å². The molecule has 0 aliphatic carbocycles. The lowest BCUT2D eigenvalue weighted by atomic mass is 10.1. The Morgan fingerprint density at radius 1 is 1.38 bits per heavy atom. The number of likely N-dealkylation sites (tertiary alicyclic amines) is 1. The van der Waals surface area contributed by atoms with Crippen LogP contribution in [-0.4, -0.2) is 26.4 Å². The minimum atomic E-state index is 0.345. The molecule has 1 N–H and O–H groups in total. The maximum absolute atomic E-state index is 5.32. The van der Waals surface area contributed by atoms with Crippen LogP contribution in [0.25, 0.3) is 0 Å². The quantitative estimate of drug-likeness (QED) is 0.759. The van der Waals surface area contributed by atoms with Crippen molar-refractivity contribution in [2.24, 2.45) is 0 Å². The van der Waals surface area contributed by atoms with Gasteiger partial charge in [0.05, 0.1) is 17.4 Å². The molecule has 1 aliphatic rings. The van der Waals surface area contributed by atoms with E-state index >= 15 is 0 Å². The van der Waals surface area contributed by atoms with Crippen LogP contribution in [-0.2, 0) is 6.54 Å². The summed E-state index contributed by atoms with van der Waals surface area (Å²) in [5, 5.41) is 6.29. The summed E-state index contributed by atoms with van der Waals surface area (Å²) in [6.07, 6.45) is 5.83. The zero-order chi connectivity index (χ0) is 16.4. The molecule has 0 spiro atoms. The van der Waals surface area contributed by atoms with Crippen molar-refractivity contribution in [1.82, 2.24) is 19.9 Å². The number of hydrogen-bond acceptors (Lipinski definition) is 7. The van der Waals surface area contributed by atoms with E-state index in [1.807, 2.05) is 25.1 Å². The molecule has 0 bridgehead atoms. The summed E-state index contributed by atoms with van der Waals surface area (Å²) in [6, 6.07) is 6.15. The number of rotatable bonds is 5. The summed E-state index contributed by atoms with van der Waals surface area (Å²) in [4.78, 5) is 15.9. The lowest BCUT2D eigenvalue weighted by Gasteiger charge is -2.21. The van der Waals surface area contributed by atoms with E-state index in [1.165, 1.54) is 6.42 Å². The summed E-state index contributed by atoms with van der Waals surface area (Å²) < 4.78 is 5.32. The standard InChI is InChI=1S/C17H19N5OS/c1-12-19-13(10-23-12)9-22-8-4-5-15(22)14-11-24-17(20-14)21-16-6-2-3-7-18-16/h2-3,6-7,10-11,15H,4-5,8-9H2,1H3,(H,18,20,21). The van der Waals surface area contributed by atoms with E-state index in [2.05, 4.69) is 25.6 Å². The van der Waals surface area contributed by atoms with Gasteiger partial charge in [0, 0.05) is 25.0 Å². The van der Waals surface area contributed by atoms with Gasteiger partial charge >= 0.3 is 0 Å². The number of pyridine rings is 1. The predicted octanol–water partition coefficient (Wildman–Crippen LogP) is 3.92. The number of oxazole rings is 1. The Balaban J connectivity index is 1.46. The van der Waals surface area contributed by atoms with Crippen molar-refractivity contribution in [1.29, 1.82) is 0 Å². The number of nitrogens with one attached hydrogen (secondary N) is 1. The monoisotopic (exact) mass is 341 g/mol. The van der Waals surface area contributed by atoms with Gasteiger partial charge in [0.2, 0.25) is 0 Å². The summed E-state index contributed by atoms with van der Waals surface area (Å²) in [5.74, 6) is 1.54. The first kappa shape index (κ1) is 15.3. The third-order valence-corrected chi connectivity index (χ3v) is 4.93. The molecule has 0 amide bonds. The SMILES string of the molecule is Cc1nc(CN2CCCC2c2csc(Nc3ccccn3)n2)co1. The van der Waals surface area contributed by atoms with Crippen molar-refractivity contribution < 1.29 is 4.42 Å². The van der Waals surface area contributed by atoms with E-state index in [1.54, 1.807) is 23.8 Å². The second kappa shape index (κ2) is 6.70. The van der Waals surface area contributed by atoms with E-state index in [0.29, 0.717) is 6.04 Å². The third-order valence-electron chi connectivity index (χ3n) is 4.16. The van der Waals surface area contributed by atoms with Gasteiger partial charge in [-0.05, 0) is 31.5 Å². The molecular weight excluding hydrogens is 322 g/mol. The molecule has 0 saturated carbocycles. The number of aryl methyl sites for hydroxylation is 1. The first-order valence-corrected chi connectivity index (χ1v) is 8.94. The minimum Gasteiger partial charge on any atom is -0.449 e. The molecule has 3 aromatic heterocycles. The molecule has 24 heavy (non-hydrogen) atoms. The van der Waals surface area contributed by atoms with E-state index in [0.717, 1.165) is 47.7 Å². The predicted molar refractivity (Wildman–Crippen MR) is 93.3 cm³/mol. The van der Waals surface area contributed by atoms with Crippen LogP contribution in [0.3, 0.4) is 0 Å². The molecule has 1 saturated heterocycles. The third kappa shape index (κ3) is 3.32. The minimum absolute atomic E-state index is 0.345. The highest BCUT2D eigenvalue weighted by atomic mass is 32.1. The number of aromatic nitrogens is 3. The lowest BCUT2D eigenvalue weighted by molar-refractivity contribution is 0.242. The van der Waals surface area contributed by atoms with Gasteiger partial charge in [0.25, 0.3) is 0 Å². The fourth-order valence-corrected chi connectivity index (χ4v) is 3.85. The maximum atomic E-state index is 5.32. The van der Waals surface area contributed by atoms with Gasteiger partial charge < -0.3 is 9.73 Å². The molecule has 1 unspecified atom stereocenters. The maximum Gasteiger partial charge on any atom is 0.191 e. The van der Waals surface area contributed by atoms with E-state index in [4.69, 9.17) is 9.40 Å². The van der Waals surface area contributed by atoms with Gasteiger partial charge in [-0.1, -0.05) is 6.07 Å². The van der Waals surface area contributed by atoms with Gasteiger partial charge in [-0.3, -0.25) is 4.90 Å². The average molecular weight is 341 g/mol. The van der Waals surface area contributed by atoms with E-state index in [-0.39, 0.29) is 0 Å². The molecular formula is C17H19N5OS. The Bertz CT molecular complexity index is 800. The molecule has 7 heteroatoms. The summed E-state index contributed by atoms with van der Waals surface area (Å²) in [7, 11) is 0. The topological polar surface area (TPSA) is 67.1 Å². The van der Waals surface area contributed by atoms with Gasteiger partial charge in [0.15, 0.2) is 11.0 Å². The Labute approximate surface area is 144 Å². The zero-order valence-corrected chi connectivity index (χ0v) is 14.3. The lowest BCUT2D eigenvalue weighted by Crippen LogP contribution is -2.23. The van der Waals surface area contributed by atoms with Crippen LogP contribution in [0.4, 0.5) is 10.9 Å². The smallest absolute Gasteiger partial charge is 0.191 e. The largest absolute Gasteiger partial charge is 0.449 e. The van der Waals surface area contributed by atoms with Gasteiger partial charge in [-0.15, -0.1) is 11.3 Å². The first-order chi connectivity index (χ1) is 11.8. The molecule has 6 nitrogen and oxygen atoms in total. The summed E-state index contributed by atoms with van der Waals surface area (Å²) >= 11 is 1.62. The molecule has 3 aromatic rings. The number of hydrogen-bond donors (Lipinski definition) is 1. The Morgan fingerprint density at radius 2 is 2.33 bits per heavy atom. The van der Waals surface area contributed by atoms with Crippen LogP contribution in [0.1, 0.15) is 36.2 Å². The Morgan fingerprint density at radius 3 is 3.12 bits per heavy atom. The summed E-state index contributed by atoms with van der Waals surface area (Å²) in [6.45, 7) is 3.75. The average Bonchev–Trinajstić information content (AvgIpc) is 3.31. The van der Waals surface area contributed by atoms with E-state index in [9.17, 15) is 0 Å². The molecule has 0 aromatic carbocycles. The summed E-state index contributed by atoms with van der Waals surface area (Å²) in [5.41, 5.74) is 2.11. The van der Waals surface area contributed by atoms with Crippen LogP contribution >= 0.6 is 11.3 Å². The van der Waals surface area contributed by atoms with Crippen molar-refractivity contribution in [2.45, 2.75) is 32.4 Å². The number of nitrogens with zero attached hydrogens (tertiary/aromatic N) is 4. The van der Waals surface area contributed by atoms with Crippen molar-refractivity contribution in [3.63, 3.8) is 0 Å². The number of anilines is 2. The van der Waals surface area contributed by atoms with Crippen molar-refractivity contribution in [2.75, 3.05) is 11.9 Å². The van der Waals surface area contributed by atoms with E-state index < -0.39 is 0 Å². The molecule has 1 atom stereocenters. The van der Waals surface area contributed by atoms with Crippen LogP contribution in [0.5, 0.6) is 0 Å². The first-order valence-electron chi connectivity index (χ1n) is 8.06. The van der Waals surface area contributed by atoms with Crippen molar-refractivity contribution in [3.8, 4) is 0 Å². The second-order valence-electron chi connectivity index (χ2n) is 5.90. The fraction of sp³-hybridized carbons (Fsp3) is 0.353. The van der Waals surface area contributed by atoms with Crippen molar-refractivity contribution in [3.05, 3.63) is 53.3 Å². The molecule has 1 aliphatic heterocycles. The molecule has 0 radical (unpaired) electrons. The van der Waals surface area contributed by atoms with Crippen LogP contribution < -0.4 is 5.32 Å². The molecule has 4 rings (SSSR count). The highest BCUT2D eigenvalue weighted by Crippen LogP contribution is 2.35. The second-order valence-corrected chi connectivity index (χ2v) is 6.76. The van der Waals surface area contributed by atoms with Gasteiger partial charge in [0.1, 0.15) is 12.1 Å². The van der Waals surface area contributed by atoms with Crippen molar-refractivity contribution >= 4 is 22.3 Å². The zero-order valence-electron chi connectivity index (χ0n) is 13.5. The highest BCUT2D eigenvalue weighted by Gasteiger charge is 2.28. The molecule has 1 fully saturated rings. The normalized spacial score (nSPS) is 18.1.